The Kier molecular flexibility index (Phi) is 15.5. The summed E-state index contributed by atoms with van der Waals surface area (Å²) in [5, 5.41) is 19.0. The lowest BCUT2D eigenvalue weighted by atomic mass is 9.76. The molecule has 0 N–H and O–H groups in total. The summed E-state index contributed by atoms with van der Waals surface area (Å²) in [5.41, 5.74) is 0.130. The van der Waals surface area contributed by atoms with Crippen LogP contribution < -0.4 is 10.2 Å². The molecule has 0 aromatic rings. The second kappa shape index (κ2) is 16.4. The van der Waals surface area contributed by atoms with Crippen LogP contribution in [0.1, 0.15) is 104 Å². The van der Waals surface area contributed by atoms with Gasteiger partial charge in [0.25, 0.3) is 0 Å². The van der Waals surface area contributed by atoms with E-state index in [4.69, 9.17) is 0 Å². The smallest absolute Gasteiger partial charge is 0.0666 e. The first-order chi connectivity index (χ1) is 13.3. The molecule has 0 spiro atoms. The lowest BCUT2D eigenvalue weighted by Gasteiger charge is -2.30. The van der Waals surface area contributed by atoms with Gasteiger partial charge in [-0.3, -0.25) is 0 Å². The minimum atomic E-state index is -1.19. The Labute approximate surface area is 172 Å². The number of hydrogen-bond donors (Lipinski definition) is 0. The first kappa shape index (κ1) is 26.4. The van der Waals surface area contributed by atoms with Gasteiger partial charge < -0.3 is 19.8 Å². The molecule has 28 heavy (non-hydrogen) atoms. The number of carboxylic acids is 2. The van der Waals surface area contributed by atoms with Crippen LogP contribution in [0.5, 0.6) is 0 Å². The summed E-state index contributed by atoms with van der Waals surface area (Å²) < 4.78 is 0. The van der Waals surface area contributed by atoms with Gasteiger partial charge in [-0.25, -0.2) is 0 Å². The molecule has 0 aromatic heterocycles. The maximum atomic E-state index is 9.49. The Morgan fingerprint density at radius 3 is 0.929 bits per heavy atom. The van der Waals surface area contributed by atoms with Gasteiger partial charge in [-0.05, 0) is 36.8 Å². The molecule has 0 saturated heterocycles. The van der Waals surface area contributed by atoms with Crippen molar-refractivity contribution in [3.63, 3.8) is 0 Å². The van der Waals surface area contributed by atoms with Crippen LogP contribution in [-0.4, -0.2) is 11.9 Å². The summed E-state index contributed by atoms with van der Waals surface area (Å²) >= 11 is 0. The highest BCUT2D eigenvalue weighted by atomic mass is 16.4. The van der Waals surface area contributed by atoms with Crippen LogP contribution in [0.3, 0.4) is 0 Å². The predicted octanol–water partition coefficient (Wildman–Crippen LogP) is 4.33. The van der Waals surface area contributed by atoms with E-state index in [0.717, 1.165) is 11.8 Å². The Hall–Kier alpha value is -1.58. The van der Waals surface area contributed by atoms with Crippen molar-refractivity contribution in [1.29, 1.82) is 0 Å². The SMILES string of the molecule is C1CCCC(C2CCCCCCC2)CCC1.C=C(C)C(=O)[O-].C=C(C)C(=O)[O-]. The minimum Gasteiger partial charge on any atom is -0.545 e. The minimum absolute atomic E-state index is 0.0648. The van der Waals surface area contributed by atoms with Gasteiger partial charge >= 0.3 is 0 Å². The topological polar surface area (TPSA) is 80.3 Å². The summed E-state index contributed by atoms with van der Waals surface area (Å²) in [6.45, 7) is 8.95. The highest BCUT2D eigenvalue weighted by molar-refractivity contribution is 5.83. The summed E-state index contributed by atoms with van der Waals surface area (Å²) in [6, 6.07) is 0. The molecule has 0 aromatic carbocycles. The molecule has 2 rings (SSSR count). The fourth-order valence-electron chi connectivity index (χ4n) is 3.92. The Morgan fingerprint density at radius 2 is 0.750 bits per heavy atom. The van der Waals surface area contributed by atoms with E-state index in [1.54, 1.807) is 25.7 Å². The van der Waals surface area contributed by atoms with Crippen molar-refractivity contribution in [2.75, 3.05) is 0 Å². The normalized spacial score (nSPS) is 19.1. The second-order valence-corrected chi connectivity index (χ2v) is 8.35. The molecule has 0 amide bonds. The summed E-state index contributed by atoms with van der Waals surface area (Å²) in [4.78, 5) is 19.0. The number of carboxylic acid groups (broad SMARTS) is 2. The van der Waals surface area contributed by atoms with E-state index in [1.807, 2.05) is 0 Å². The van der Waals surface area contributed by atoms with Gasteiger partial charge in [0.1, 0.15) is 0 Å². The highest BCUT2D eigenvalue weighted by Crippen LogP contribution is 2.35. The van der Waals surface area contributed by atoms with E-state index in [2.05, 4.69) is 13.2 Å². The molecule has 0 heterocycles. The number of carbonyl (C=O) groups excluding carboxylic acids is 2. The zero-order valence-corrected chi connectivity index (χ0v) is 18.1. The second-order valence-electron chi connectivity index (χ2n) is 8.35. The summed E-state index contributed by atoms with van der Waals surface area (Å²) in [5.74, 6) is -0.151. The number of hydrogen-bond acceptors (Lipinski definition) is 4. The highest BCUT2D eigenvalue weighted by Gasteiger charge is 2.22. The zero-order valence-electron chi connectivity index (χ0n) is 18.1. The lowest BCUT2D eigenvalue weighted by Crippen LogP contribution is -2.22. The Bertz CT molecular complexity index is 397. The molecule has 4 heteroatoms. The molecule has 162 valence electrons. The van der Waals surface area contributed by atoms with Gasteiger partial charge in [0.15, 0.2) is 0 Å². The van der Waals surface area contributed by atoms with Gasteiger partial charge in [-0.1, -0.05) is 103 Å². The molecule has 0 atom stereocenters. The van der Waals surface area contributed by atoms with Crippen LogP contribution in [0.25, 0.3) is 0 Å². The third kappa shape index (κ3) is 14.5. The first-order valence-electron chi connectivity index (χ1n) is 11.0. The third-order valence-corrected chi connectivity index (χ3v) is 5.66. The lowest BCUT2D eigenvalue weighted by molar-refractivity contribution is -0.300. The van der Waals surface area contributed by atoms with E-state index in [1.165, 1.54) is 78.1 Å². The van der Waals surface area contributed by atoms with Crippen LogP contribution in [0.2, 0.25) is 0 Å². The molecule has 2 aliphatic carbocycles. The third-order valence-electron chi connectivity index (χ3n) is 5.66. The maximum absolute atomic E-state index is 9.49. The fourth-order valence-corrected chi connectivity index (χ4v) is 3.92. The predicted molar refractivity (Wildman–Crippen MR) is 111 cm³/mol. The van der Waals surface area contributed by atoms with Crippen LogP contribution >= 0.6 is 0 Å². The standard InChI is InChI=1S/C16H30.2C4H6O2/c1-3-7-11-15(12-8-4-1)16-13-9-5-2-6-10-14-16;2*1-3(2)4(5)6/h15-16H,1-14H2;2*1H2,2H3,(H,5,6)/p-2. The molecule has 0 aliphatic heterocycles. The van der Waals surface area contributed by atoms with Crippen LogP contribution in [-0.2, 0) is 9.59 Å². The van der Waals surface area contributed by atoms with Gasteiger partial charge in [0, 0.05) is 0 Å². The molecule has 2 saturated carbocycles. The molecule has 0 bridgehead atoms. The zero-order chi connectivity index (χ0) is 21.4. The van der Waals surface area contributed by atoms with E-state index in [0.29, 0.717) is 0 Å². The van der Waals surface area contributed by atoms with Crippen molar-refractivity contribution in [3.8, 4) is 0 Å². The van der Waals surface area contributed by atoms with E-state index < -0.39 is 11.9 Å². The van der Waals surface area contributed by atoms with Crippen molar-refractivity contribution in [3.05, 3.63) is 24.3 Å². The van der Waals surface area contributed by atoms with E-state index in [9.17, 15) is 19.8 Å². The fraction of sp³-hybridized carbons (Fsp3) is 0.750. The van der Waals surface area contributed by atoms with Crippen molar-refractivity contribution in [2.45, 2.75) is 104 Å². The molecular weight excluding hydrogens is 352 g/mol. The molecule has 4 nitrogen and oxygen atoms in total. The van der Waals surface area contributed by atoms with E-state index >= 15 is 0 Å². The first-order valence-corrected chi connectivity index (χ1v) is 11.0. The van der Waals surface area contributed by atoms with Gasteiger partial charge in [-0.15, -0.1) is 0 Å². The van der Waals surface area contributed by atoms with Crippen molar-refractivity contribution >= 4 is 11.9 Å². The molecule has 2 aliphatic rings. The number of rotatable bonds is 3. The molecule has 2 fully saturated rings. The van der Waals surface area contributed by atoms with Crippen molar-refractivity contribution in [2.24, 2.45) is 11.8 Å². The van der Waals surface area contributed by atoms with Crippen molar-refractivity contribution < 1.29 is 19.8 Å². The van der Waals surface area contributed by atoms with Crippen molar-refractivity contribution in [1.82, 2.24) is 0 Å². The number of carbonyl (C=O) groups is 2. The molecular formula is C24H40O4-2. The molecule has 0 unspecified atom stereocenters. The quantitative estimate of drug-likeness (QED) is 0.669. The van der Waals surface area contributed by atoms with E-state index in [-0.39, 0.29) is 11.1 Å². The van der Waals surface area contributed by atoms with Crippen LogP contribution in [0.15, 0.2) is 24.3 Å². The average Bonchev–Trinajstić information content (AvgIpc) is 2.56. The maximum Gasteiger partial charge on any atom is 0.0666 e. The number of aliphatic carboxylic acids is 2. The Balaban J connectivity index is 0.000000505. The Morgan fingerprint density at radius 1 is 0.571 bits per heavy atom. The largest absolute Gasteiger partial charge is 0.545 e. The molecule has 0 radical (unpaired) electrons. The van der Waals surface area contributed by atoms with Gasteiger partial charge in [0.05, 0.1) is 11.9 Å². The van der Waals surface area contributed by atoms with Crippen LogP contribution in [0.4, 0.5) is 0 Å². The monoisotopic (exact) mass is 392 g/mol. The average molecular weight is 393 g/mol. The summed E-state index contributed by atoms with van der Waals surface area (Å²) in [6.07, 6.45) is 21.4. The van der Waals surface area contributed by atoms with Crippen LogP contribution in [0, 0.1) is 11.8 Å². The van der Waals surface area contributed by atoms with Gasteiger partial charge in [-0.2, -0.15) is 0 Å². The van der Waals surface area contributed by atoms with Gasteiger partial charge in [0.2, 0.25) is 0 Å². The summed E-state index contributed by atoms with van der Waals surface area (Å²) in [7, 11) is 0.